The molecular formula is C26H26FN5O3. The van der Waals surface area contributed by atoms with Gasteiger partial charge in [0.25, 0.3) is 0 Å². The third kappa shape index (κ3) is 5.50. The van der Waals surface area contributed by atoms with Gasteiger partial charge in [-0.3, -0.25) is 0 Å². The number of rotatable bonds is 6. The highest BCUT2D eigenvalue weighted by atomic mass is 19.1. The van der Waals surface area contributed by atoms with E-state index in [0.717, 1.165) is 18.4 Å². The fourth-order valence-electron chi connectivity index (χ4n) is 4.21. The molecule has 0 atom stereocenters. The van der Waals surface area contributed by atoms with Crippen LogP contribution in [0.3, 0.4) is 0 Å². The molecule has 1 N–H and O–H groups in total. The maximum atomic E-state index is 14.8. The van der Waals surface area contributed by atoms with Crippen molar-refractivity contribution in [1.82, 2.24) is 9.97 Å². The molecule has 0 unspecified atom stereocenters. The van der Waals surface area contributed by atoms with Gasteiger partial charge in [0.05, 0.1) is 43.4 Å². The number of aromatic nitrogens is 2. The molecule has 0 spiro atoms. The highest BCUT2D eigenvalue weighted by Crippen LogP contribution is 2.29. The smallest absolute Gasteiger partial charge is 0.227 e. The Hall–Kier alpha value is -3.74. The summed E-state index contributed by atoms with van der Waals surface area (Å²) in [6, 6.07) is 14.4. The monoisotopic (exact) mass is 475 g/mol. The van der Waals surface area contributed by atoms with Crippen molar-refractivity contribution in [3.8, 4) is 23.1 Å². The summed E-state index contributed by atoms with van der Waals surface area (Å²) in [6.45, 7) is 3.85. The van der Waals surface area contributed by atoms with Crippen LogP contribution >= 0.6 is 0 Å². The first kappa shape index (κ1) is 23.0. The lowest BCUT2D eigenvalue weighted by atomic mass is 10.1. The van der Waals surface area contributed by atoms with E-state index < -0.39 is 0 Å². The second kappa shape index (κ2) is 10.7. The lowest BCUT2D eigenvalue weighted by molar-refractivity contribution is 0.0254. The molecule has 2 fully saturated rings. The summed E-state index contributed by atoms with van der Waals surface area (Å²) in [4.78, 5) is 10.8. The topological polar surface area (TPSA) is 92.5 Å². The van der Waals surface area contributed by atoms with Crippen LogP contribution in [-0.2, 0) is 9.47 Å². The quantitative estimate of drug-likeness (QED) is 0.564. The van der Waals surface area contributed by atoms with E-state index in [-0.39, 0.29) is 11.9 Å². The van der Waals surface area contributed by atoms with Gasteiger partial charge in [0, 0.05) is 43.4 Å². The van der Waals surface area contributed by atoms with E-state index in [9.17, 15) is 9.65 Å². The Morgan fingerprint density at radius 3 is 2.60 bits per heavy atom. The zero-order chi connectivity index (χ0) is 24.0. The molecule has 2 aliphatic rings. The van der Waals surface area contributed by atoms with Crippen molar-refractivity contribution in [2.75, 3.05) is 49.7 Å². The Balaban J connectivity index is 1.31. The van der Waals surface area contributed by atoms with Crippen LogP contribution in [0.1, 0.15) is 18.4 Å². The highest BCUT2D eigenvalue weighted by molar-refractivity contribution is 5.66. The second-order valence-electron chi connectivity index (χ2n) is 8.41. The molecule has 0 aliphatic carbocycles. The molecule has 0 radical (unpaired) electrons. The van der Waals surface area contributed by atoms with Crippen molar-refractivity contribution < 1.29 is 18.6 Å². The Kier molecular flexibility index (Phi) is 7.02. The normalized spacial score (nSPS) is 16.5. The number of hydrogen-bond acceptors (Lipinski definition) is 8. The summed E-state index contributed by atoms with van der Waals surface area (Å²) in [5, 5.41) is 12.7. The second-order valence-corrected chi connectivity index (χ2v) is 8.41. The number of hydrogen-bond donors (Lipinski definition) is 1. The number of nitrogens with zero attached hydrogens (tertiary/aromatic N) is 4. The summed E-state index contributed by atoms with van der Waals surface area (Å²) in [5.41, 5.74) is 2.96. The minimum absolute atomic E-state index is 0.0478. The predicted molar refractivity (Wildman–Crippen MR) is 129 cm³/mol. The summed E-state index contributed by atoms with van der Waals surface area (Å²) in [5.74, 6) is 0.584. The molecular weight excluding hydrogens is 449 g/mol. The number of nitriles is 1. The lowest BCUT2D eigenvalue weighted by Gasteiger charge is -2.29. The largest absolute Gasteiger partial charge is 0.489 e. The third-order valence-corrected chi connectivity index (χ3v) is 6.07. The van der Waals surface area contributed by atoms with Crippen molar-refractivity contribution in [3.63, 3.8) is 0 Å². The van der Waals surface area contributed by atoms with Crippen LogP contribution in [0.15, 0.2) is 48.7 Å². The van der Waals surface area contributed by atoms with Gasteiger partial charge >= 0.3 is 0 Å². The van der Waals surface area contributed by atoms with Gasteiger partial charge in [0.2, 0.25) is 5.95 Å². The molecule has 35 heavy (non-hydrogen) atoms. The number of benzene rings is 2. The molecule has 0 amide bonds. The fourth-order valence-corrected chi connectivity index (χ4v) is 4.21. The Morgan fingerprint density at radius 1 is 1.03 bits per heavy atom. The van der Waals surface area contributed by atoms with E-state index in [0.29, 0.717) is 73.8 Å². The standard InChI is InChI=1S/C26H26FN5O3/c27-22-16-20(2-3-24(22)32-9-13-34-14-10-32)30-26-29-8-5-23(31-26)18-1-4-25(19(15-18)17-28)35-21-6-11-33-12-7-21/h1-5,8,15-16,21H,6-7,9-14H2,(H,29,30,31). The molecule has 2 aromatic carbocycles. The molecule has 9 heteroatoms. The van der Waals surface area contributed by atoms with Gasteiger partial charge in [0.1, 0.15) is 23.7 Å². The van der Waals surface area contributed by atoms with E-state index in [1.807, 2.05) is 11.0 Å². The predicted octanol–water partition coefficient (Wildman–Crippen LogP) is 4.29. The highest BCUT2D eigenvalue weighted by Gasteiger charge is 2.18. The van der Waals surface area contributed by atoms with Crippen LogP contribution in [0.2, 0.25) is 0 Å². The fraction of sp³-hybridized carbons (Fsp3) is 0.346. The van der Waals surface area contributed by atoms with E-state index in [1.54, 1.807) is 36.5 Å². The van der Waals surface area contributed by atoms with Crippen molar-refractivity contribution in [2.45, 2.75) is 18.9 Å². The maximum Gasteiger partial charge on any atom is 0.227 e. The zero-order valence-electron chi connectivity index (χ0n) is 19.2. The number of anilines is 3. The van der Waals surface area contributed by atoms with Crippen molar-refractivity contribution in [1.29, 1.82) is 5.26 Å². The third-order valence-electron chi connectivity index (χ3n) is 6.07. The van der Waals surface area contributed by atoms with Crippen LogP contribution in [0.25, 0.3) is 11.3 Å². The van der Waals surface area contributed by atoms with E-state index in [4.69, 9.17) is 14.2 Å². The number of nitrogens with one attached hydrogen (secondary N) is 1. The zero-order valence-corrected chi connectivity index (χ0v) is 19.2. The number of halogens is 1. The van der Waals surface area contributed by atoms with E-state index in [2.05, 4.69) is 21.4 Å². The van der Waals surface area contributed by atoms with Gasteiger partial charge in [-0.25, -0.2) is 14.4 Å². The average Bonchev–Trinajstić information content (AvgIpc) is 2.90. The Labute approximate surface area is 203 Å². The van der Waals surface area contributed by atoms with Crippen LogP contribution in [-0.4, -0.2) is 55.6 Å². The van der Waals surface area contributed by atoms with Gasteiger partial charge in [-0.2, -0.15) is 5.26 Å². The molecule has 0 bridgehead atoms. The molecule has 1 aromatic heterocycles. The van der Waals surface area contributed by atoms with Gasteiger partial charge in [-0.05, 0) is 42.5 Å². The van der Waals surface area contributed by atoms with Gasteiger partial charge in [-0.15, -0.1) is 0 Å². The summed E-state index contributed by atoms with van der Waals surface area (Å²) < 4.78 is 31.5. The molecule has 5 rings (SSSR count). The summed E-state index contributed by atoms with van der Waals surface area (Å²) >= 11 is 0. The van der Waals surface area contributed by atoms with Gasteiger partial charge in [-0.1, -0.05) is 0 Å². The Morgan fingerprint density at radius 2 is 1.83 bits per heavy atom. The maximum absolute atomic E-state index is 14.8. The molecule has 0 saturated carbocycles. The lowest BCUT2D eigenvalue weighted by Crippen LogP contribution is -2.36. The molecule has 2 saturated heterocycles. The van der Waals surface area contributed by atoms with Crippen LogP contribution in [0, 0.1) is 17.1 Å². The minimum atomic E-state index is -0.313. The molecule has 8 nitrogen and oxygen atoms in total. The van der Waals surface area contributed by atoms with Crippen molar-refractivity contribution in [2.24, 2.45) is 0 Å². The van der Waals surface area contributed by atoms with Crippen LogP contribution in [0.4, 0.5) is 21.7 Å². The Bertz CT molecular complexity index is 1220. The van der Waals surface area contributed by atoms with Gasteiger partial charge in [0.15, 0.2) is 0 Å². The van der Waals surface area contributed by atoms with E-state index in [1.165, 1.54) is 6.07 Å². The van der Waals surface area contributed by atoms with Crippen molar-refractivity contribution in [3.05, 3.63) is 60.0 Å². The van der Waals surface area contributed by atoms with Crippen LogP contribution < -0.4 is 15.0 Å². The first-order valence-corrected chi connectivity index (χ1v) is 11.7. The van der Waals surface area contributed by atoms with Gasteiger partial charge < -0.3 is 24.4 Å². The number of ether oxygens (including phenoxy) is 3. The minimum Gasteiger partial charge on any atom is -0.489 e. The number of morpholine rings is 1. The van der Waals surface area contributed by atoms with E-state index >= 15 is 0 Å². The summed E-state index contributed by atoms with van der Waals surface area (Å²) in [6.07, 6.45) is 3.29. The SMILES string of the molecule is N#Cc1cc(-c2ccnc(Nc3ccc(N4CCOCC4)c(F)c3)n2)ccc1OC1CCOCC1. The first-order chi connectivity index (χ1) is 17.2. The van der Waals surface area contributed by atoms with Crippen LogP contribution in [0.5, 0.6) is 5.75 Å². The molecule has 2 aliphatic heterocycles. The molecule has 3 heterocycles. The molecule has 3 aromatic rings. The first-order valence-electron chi connectivity index (χ1n) is 11.7. The van der Waals surface area contributed by atoms with Crippen molar-refractivity contribution >= 4 is 17.3 Å². The summed E-state index contributed by atoms with van der Waals surface area (Å²) in [7, 11) is 0. The molecule has 180 valence electrons. The average molecular weight is 476 g/mol.